The van der Waals surface area contributed by atoms with Crippen molar-refractivity contribution in [2.24, 2.45) is 0 Å². The van der Waals surface area contributed by atoms with Crippen molar-refractivity contribution in [3.63, 3.8) is 0 Å². The highest BCUT2D eigenvalue weighted by molar-refractivity contribution is 7.99. The number of thiophene rings is 1. The topological polar surface area (TPSA) is 47.8 Å². The Morgan fingerprint density at radius 2 is 1.70 bits per heavy atom. The van der Waals surface area contributed by atoms with Crippen molar-refractivity contribution in [3.8, 4) is 17.1 Å². The second kappa shape index (κ2) is 8.58. The fourth-order valence-corrected chi connectivity index (χ4v) is 4.71. The Bertz CT molecular complexity index is 1130. The molecule has 0 radical (unpaired) electrons. The summed E-state index contributed by atoms with van der Waals surface area (Å²) in [5.74, 6) is 1.20. The number of benzene rings is 2. The van der Waals surface area contributed by atoms with E-state index < -0.39 is 0 Å². The molecule has 0 unspecified atom stereocenters. The molecule has 0 fully saturated rings. The first-order valence-corrected chi connectivity index (χ1v) is 11.6. The van der Waals surface area contributed by atoms with E-state index in [0.717, 1.165) is 22.0 Å². The summed E-state index contributed by atoms with van der Waals surface area (Å²) in [6.45, 7) is 6.61. The summed E-state index contributed by atoms with van der Waals surface area (Å²) in [6.07, 6.45) is 0. The van der Waals surface area contributed by atoms with Gasteiger partial charge in [-0.1, -0.05) is 81.1 Å². The van der Waals surface area contributed by atoms with Gasteiger partial charge in [0, 0.05) is 11.3 Å². The molecule has 0 spiro atoms. The van der Waals surface area contributed by atoms with Crippen molar-refractivity contribution < 1.29 is 4.79 Å². The lowest BCUT2D eigenvalue weighted by Gasteiger charge is -2.19. The standard InChI is InChI=1S/C24H23N3OS2/c1-24(2,3)18-13-11-17(12-14-18)22-25-26-23(27(22)19-8-5-4-6-9-19)30-16-20(28)21-10-7-15-29-21/h4-15H,16H2,1-3H3. The van der Waals surface area contributed by atoms with Crippen LogP contribution in [0.25, 0.3) is 17.1 Å². The Labute approximate surface area is 185 Å². The van der Waals surface area contributed by atoms with Crippen LogP contribution in [0, 0.1) is 0 Å². The third kappa shape index (κ3) is 4.40. The zero-order valence-corrected chi connectivity index (χ0v) is 18.8. The van der Waals surface area contributed by atoms with Crippen LogP contribution in [0.15, 0.2) is 77.3 Å². The summed E-state index contributed by atoms with van der Waals surface area (Å²) in [5, 5.41) is 11.5. The molecule has 0 aliphatic carbocycles. The van der Waals surface area contributed by atoms with E-state index in [9.17, 15) is 4.79 Å². The van der Waals surface area contributed by atoms with Gasteiger partial charge in [-0.2, -0.15) is 0 Å². The smallest absolute Gasteiger partial charge is 0.196 e. The van der Waals surface area contributed by atoms with Crippen LogP contribution in [-0.2, 0) is 5.41 Å². The average Bonchev–Trinajstić information content (AvgIpc) is 3.42. The number of nitrogens with zero attached hydrogens (tertiary/aromatic N) is 3. The van der Waals surface area contributed by atoms with Crippen LogP contribution in [0.2, 0.25) is 0 Å². The van der Waals surface area contributed by atoms with Gasteiger partial charge < -0.3 is 0 Å². The SMILES string of the molecule is CC(C)(C)c1ccc(-c2nnc(SCC(=O)c3cccs3)n2-c2ccccc2)cc1. The van der Waals surface area contributed by atoms with Crippen LogP contribution >= 0.6 is 23.1 Å². The number of hydrogen-bond donors (Lipinski definition) is 0. The van der Waals surface area contributed by atoms with E-state index in [2.05, 4.69) is 55.2 Å². The Hall–Kier alpha value is -2.70. The molecule has 4 rings (SSSR count). The lowest BCUT2D eigenvalue weighted by atomic mass is 9.87. The van der Waals surface area contributed by atoms with Crippen molar-refractivity contribution in [2.45, 2.75) is 31.3 Å². The molecule has 0 N–H and O–H groups in total. The monoisotopic (exact) mass is 433 g/mol. The van der Waals surface area contributed by atoms with Crippen LogP contribution in [0.5, 0.6) is 0 Å². The number of hydrogen-bond acceptors (Lipinski definition) is 5. The highest BCUT2D eigenvalue weighted by Crippen LogP contribution is 2.30. The molecule has 2 heterocycles. The zero-order chi connectivity index (χ0) is 21.1. The first kappa shape index (κ1) is 20.6. The van der Waals surface area contributed by atoms with Crippen LogP contribution in [0.1, 0.15) is 36.0 Å². The number of carbonyl (C=O) groups excluding carboxylic acids is 1. The molecule has 152 valence electrons. The molecule has 2 aromatic carbocycles. The fourth-order valence-electron chi connectivity index (χ4n) is 3.12. The molecule has 4 nitrogen and oxygen atoms in total. The minimum atomic E-state index is 0.0921. The maximum atomic E-state index is 12.5. The fraction of sp³-hybridized carbons (Fsp3) is 0.208. The van der Waals surface area contributed by atoms with E-state index in [0.29, 0.717) is 10.9 Å². The van der Waals surface area contributed by atoms with Gasteiger partial charge in [0.05, 0.1) is 10.6 Å². The highest BCUT2D eigenvalue weighted by atomic mass is 32.2. The molecule has 0 saturated heterocycles. The van der Waals surface area contributed by atoms with Gasteiger partial charge in [-0.15, -0.1) is 21.5 Å². The first-order valence-electron chi connectivity index (χ1n) is 9.75. The van der Waals surface area contributed by atoms with Gasteiger partial charge in [0.15, 0.2) is 16.8 Å². The summed E-state index contributed by atoms with van der Waals surface area (Å²) in [4.78, 5) is 13.2. The Morgan fingerprint density at radius 1 is 0.967 bits per heavy atom. The van der Waals surface area contributed by atoms with Gasteiger partial charge in [0.25, 0.3) is 0 Å². The number of Topliss-reactive ketones (excluding diaryl/α,β-unsaturated/α-hetero) is 1. The first-order chi connectivity index (χ1) is 14.4. The van der Waals surface area contributed by atoms with E-state index in [1.807, 2.05) is 52.4 Å². The van der Waals surface area contributed by atoms with Gasteiger partial charge in [-0.25, -0.2) is 0 Å². The van der Waals surface area contributed by atoms with Gasteiger partial charge in [0.2, 0.25) is 0 Å². The van der Waals surface area contributed by atoms with Crippen LogP contribution in [0.4, 0.5) is 0 Å². The van der Waals surface area contributed by atoms with Crippen LogP contribution in [0.3, 0.4) is 0 Å². The number of para-hydroxylation sites is 1. The molecular weight excluding hydrogens is 410 g/mol. The van der Waals surface area contributed by atoms with E-state index >= 15 is 0 Å². The summed E-state index contributed by atoms with van der Waals surface area (Å²) in [7, 11) is 0. The van der Waals surface area contributed by atoms with E-state index in [-0.39, 0.29) is 11.2 Å². The van der Waals surface area contributed by atoms with Crippen molar-refractivity contribution in [1.82, 2.24) is 14.8 Å². The normalized spacial score (nSPS) is 11.6. The molecular formula is C24H23N3OS2. The summed E-state index contributed by atoms with van der Waals surface area (Å²) in [5.41, 5.74) is 3.34. The maximum Gasteiger partial charge on any atom is 0.196 e. The summed E-state index contributed by atoms with van der Waals surface area (Å²) < 4.78 is 2.03. The van der Waals surface area contributed by atoms with Crippen LogP contribution < -0.4 is 0 Å². The molecule has 0 saturated carbocycles. The molecule has 0 amide bonds. The van der Waals surface area contributed by atoms with E-state index in [1.165, 1.54) is 28.7 Å². The van der Waals surface area contributed by atoms with Gasteiger partial charge in [-0.3, -0.25) is 9.36 Å². The highest BCUT2D eigenvalue weighted by Gasteiger charge is 2.19. The summed E-state index contributed by atoms with van der Waals surface area (Å²) >= 11 is 2.88. The van der Waals surface area contributed by atoms with Crippen LogP contribution in [-0.4, -0.2) is 26.3 Å². The number of carbonyl (C=O) groups is 1. The quantitative estimate of drug-likeness (QED) is 0.266. The number of ketones is 1. The molecule has 30 heavy (non-hydrogen) atoms. The molecule has 0 aliphatic rings. The molecule has 0 atom stereocenters. The maximum absolute atomic E-state index is 12.5. The predicted molar refractivity (Wildman–Crippen MR) is 125 cm³/mol. The molecule has 0 bridgehead atoms. The Balaban J connectivity index is 1.68. The predicted octanol–water partition coefficient (Wildman–Crippen LogP) is 6.27. The van der Waals surface area contributed by atoms with Crippen molar-refractivity contribution in [2.75, 3.05) is 5.75 Å². The third-order valence-corrected chi connectivity index (χ3v) is 6.63. The van der Waals surface area contributed by atoms with Gasteiger partial charge in [-0.05, 0) is 34.6 Å². The van der Waals surface area contributed by atoms with Crippen molar-refractivity contribution >= 4 is 28.9 Å². The lowest BCUT2D eigenvalue weighted by Crippen LogP contribution is -2.10. The van der Waals surface area contributed by atoms with E-state index in [1.54, 1.807) is 0 Å². The zero-order valence-electron chi connectivity index (χ0n) is 17.2. The average molecular weight is 434 g/mol. The minimum absolute atomic E-state index is 0.0921. The lowest BCUT2D eigenvalue weighted by molar-refractivity contribution is 0.102. The van der Waals surface area contributed by atoms with Gasteiger partial charge >= 0.3 is 0 Å². The Morgan fingerprint density at radius 3 is 2.33 bits per heavy atom. The number of rotatable bonds is 6. The third-order valence-electron chi connectivity index (χ3n) is 4.79. The van der Waals surface area contributed by atoms with Crippen molar-refractivity contribution in [3.05, 3.63) is 82.6 Å². The molecule has 4 aromatic rings. The molecule has 2 aromatic heterocycles. The Kier molecular flexibility index (Phi) is 5.88. The van der Waals surface area contributed by atoms with Crippen molar-refractivity contribution in [1.29, 1.82) is 0 Å². The molecule has 0 aliphatic heterocycles. The largest absolute Gasteiger partial charge is 0.292 e. The summed E-state index contributed by atoms with van der Waals surface area (Å²) in [6, 6.07) is 22.3. The minimum Gasteiger partial charge on any atom is -0.292 e. The number of aromatic nitrogens is 3. The molecule has 6 heteroatoms. The number of thioether (sulfide) groups is 1. The van der Waals surface area contributed by atoms with Gasteiger partial charge in [0.1, 0.15) is 0 Å². The second-order valence-corrected chi connectivity index (χ2v) is 9.88. The van der Waals surface area contributed by atoms with E-state index in [4.69, 9.17) is 0 Å². The second-order valence-electron chi connectivity index (χ2n) is 7.99.